The number of benzene rings is 1. The van der Waals surface area contributed by atoms with E-state index in [0.717, 1.165) is 43.2 Å². The lowest BCUT2D eigenvalue weighted by Crippen LogP contribution is -2.28. The molecule has 34 heavy (non-hydrogen) atoms. The van der Waals surface area contributed by atoms with Gasteiger partial charge in [0.1, 0.15) is 17.7 Å². The number of rotatable bonds is 4. The number of hydrogen-bond acceptors (Lipinski definition) is 6. The summed E-state index contributed by atoms with van der Waals surface area (Å²) < 4.78 is 29.3. The van der Waals surface area contributed by atoms with Crippen molar-refractivity contribution in [1.29, 1.82) is 0 Å². The summed E-state index contributed by atoms with van der Waals surface area (Å²) in [6, 6.07) is 5.03. The third-order valence-electron chi connectivity index (χ3n) is 7.25. The molecule has 1 N–H and O–H groups in total. The third kappa shape index (κ3) is 3.26. The maximum Gasteiger partial charge on any atom is 0.358 e. The first-order valence-corrected chi connectivity index (χ1v) is 12.3. The molecule has 1 aliphatic carbocycles. The number of hydrogen-bond donors (Lipinski definition) is 1. The van der Waals surface area contributed by atoms with E-state index < -0.39 is 12.1 Å². The van der Waals surface area contributed by atoms with Gasteiger partial charge >= 0.3 is 5.97 Å². The van der Waals surface area contributed by atoms with Crippen LogP contribution in [-0.4, -0.2) is 44.1 Å². The molecule has 10 heteroatoms. The second-order valence-electron chi connectivity index (χ2n) is 9.13. The molecule has 178 valence electrons. The van der Waals surface area contributed by atoms with Crippen LogP contribution in [0, 0.1) is 5.82 Å². The molecule has 3 aromatic rings. The van der Waals surface area contributed by atoms with Gasteiger partial charge in [0.25, 0.3) is 0 Å². The van der Waals surface area contributed by atoms with Crippen LogP contribution in [0.1, 0.15) is 83.8 Å². The minimum Gasteiger partial charge on any atom is -0.464 e. The van der Waals surface area contributed by atoms with Crippen LogP contribution >= 0.6 is 15.9 Å². The Kier molecular flexibility index (Phi) is 5.34. The largest absolute Gasteiger partial charge is 0.464 e. The Morgan fingerprint density at radius 3 is 2.91 bits per heavy atom. The van der Waals surface area contributed by atoms with Crippen molar-refractivity contribution in [2.45, 2.75) is 56.4 Å². The van der Waals surface area contributed by atoms with Gasteiger partial charge in [0.05, 0.1) is 23.0 Å². The van der Waals surface area contributed by atoms with E-state index >= 15 is 0 Å². The first-order chi connectivity index (χ1) is 16.5. The number of aliphatic hydroxyl groups is 1. The number of aliphatic hydroxyl groups excluding tert-OH is 1. The van der Waals surface area contributed by atoms with Crippen molar-refractivity contribution in [1.82, 2.24) is 19.3 Å². The smallest absolute Gasteiger partial charge is 0.358 e. The Bertz CT molecular complexity index is 1280. The molecule has 5 heterocycles. The molecule has 0 radical (unpaired) electrons. The van der Waals surface area contributed by atoms with E-state index in [1.165, 1.54) is 7.11 Å². The summed E-state index contributed by atoms with van der Waals surface area (Å²) in [5.74, 6) is -0.215. The van der Waals surface area contributed by atoms with Crippen LogP contribution in [0.25, 0.3) is 11.4 Å². The van der Waals surface area contributed by atoms with Gasteiger partial charge in [-0.2, -0.15) is 5.10 Å². The van der Waals surface area contributed by atoms with Crippen molar-refractivity contribution in [3.8, 4) is 11.4 Å². The Labute approximate surface area is 203 Å². The number of nitrogens with zero attached hydrogens (tertiary/aromatic N) is 4. The summed E-state index contributed by atoms with van der Waals surface area (Å²) in [6.07, 6.45) is 4.56. The highest BCUT2D eigenvalue weighted by Crippen LogP contribution is 2.54. The Balaban J connectivity index is 1.53. The van der Waals surface area contributed by atoms with Crippen molar-refractivity contribution in [2.24, 2.45) is 0 Å². The molecule has 2 aromatic heterocycles. The summed E-state index contributed by atoms with van der Waals surface area (Å²) in [4.78, 5) is 17.5. The van der Waals surface area contributed by atoms with Crippen molar-refractivity contribution in [2.75, 3.05) is 13.7 Å². The van der Waals surface area contributed by atoms with E-state index in [-0.39, 0.29) is 29.7 Å². The molecule has 0 amide bonds. The molecule has 2 fully saturated rings. The molecule has 3 aliphatic heterocycles. The molecule has 8 nitrogen and oxygen atoms in total. The second kappa shape index (κ2) is 8.28. The van der Waals surface area contributed by atoms with Gasteiger partial charge in [0.2, 0.25) is 0 Å². The van der Waals surface area contributed by atoms with Crippen LogP contribution in [0.2, 0.25) is 0 Å². The minimum absolute atomic E-state index is 0.0343. The van der Waals surface area contributed by atoms with E-state index in [4.69, 9.17) is 9.47 Å². The van der Waals surface area contributed by atoms with Gasteiger partial charge in [0, 0.05) is 24.4 Å². The SMILES string of the molecule is COC(=O)c1nc2n(c1C(O)c1ccnn1C1CCCCO1)C1CC(C1)c1cc(F)c(Br)cc1-2. The molecule has 1 saturated carbocycles. The zero-order chi connectivity index (χ0) is 23.6. The predicted octanol–water partition coefficient (Wildman–Crippen LogP) is 4.65. The summed E-state index contributed by atoms with van der Waals surface area (Å²) in [6.45, 7) is 0.640. The Morgan fingerprint density at radius 1 is 1.35 bits per heavy atom. The van der Waals surface area contributed by atoms with Crippen LogP contribution in [0.15, 0.2) is 28.9 Å². The second-order valence-corrected chi connectivity index (χ2v) is 9.99. The molecule has 2 atom stereocenters. The number of carbonyl (C=O) groups excluding carboxylic acids is 1. The van der Waals surface area contributed by atoms with Crippen molar-refractivity contribution >= 4 is 21.9 Å². The number of methoxy groups -OCH3 is 1. The van der Waals surface area contributed by atoms with E-state index in [1.54, 1.807) is 29.1 Å². The fourth-order valence-corrected chi connectivity index (χ4v) is 5.84. The van der Waals surface area contributed by atoms with Crippen LogP contribution < -0.4 is 0 Å². The number of halogens is 2. The van der Waals surface area contributed by atoms with Gasteiger partial charge in [-0.25, -0.2) is 18.9 Å². The molecule has 0 spiro atoms. The van der Waals surface area contributed by atoms with Crippen LogP contribution in [0.5, 0.6) is 0 Å². The molecular formula is C24H24BrFN4O4. The summed E-state index contributed by atoms with van der Waals surface area (Å²) in [5, 5.41) is 16.1. The lowest BCUT2D eigenvalue weighted by Gasteiger charge is -2.36. The van der Waals surface area contributed by atoms with Gasteiger partial charge < -0.3 is 19.1 Å². The van der Waals surface area contributed by atoms with E-state index in [1.807, 2.05) is 4.57 Å². The van der Waals surface area contributed by atoms with Gasteiger partial charge in [-0.05, 0) is 77.7 Å². The van der Waals surface area contributed by atoms with Crippen LogP contribution in [0.4, 0.5) is 4.39 Å². The molecule has 1 aromatic carbocycles. The maximum absolute atomic E-state index is 14.4. The van der Waals surface area contributed by atoms with Crippen LogP contribution in [0.3, 0.4) is 0 Å². The Hall–Kier alpha value is -2.56. The number of aromatic nitrogens is 4. The molecule has 1 saturated heterocycles. The monoisotopic (exact) mass is 530 g/mol. The van der Waals surface area contributed by atoms with E-state index in [0.29, 0.717) is 28.3 Å². The zero-order valence-electron chi connectivity index (χ0n) is 18.6. The molecule has 7 rings (SSSR count). The summed E-state index contributed by atoms with van der Waals surface area (Å²) in [5.41, 5.74) is 2.58. The van der Waals surface area contributed by atoms with Gasteiger partial charge in [-0.1, -0.05) is 0 Å². The van der Waals surface area contributed by atoms with Gasteiger partial charge in [-0.15, -0.1) is 0 Å². The lowest BCUT2D eigenvalue weighted by atomic mass is 9.75. The highest BCUT2D eigenvalue weighted by atomic mass is 79.9. The average Bonchev–Trinajstić information content (AvgIpc) is 3.41. The standard InChI is InChI=1S/C24H24BrFN4O4/c1-33-24(32)20-21(22(31)18-5-6-27-30(18)19-4-2-3-7-34-19)29-13-8-12(9-13)14-11-17(26)16(25)10-15(14)23(29)28-20/h5-6,10-13,19,22,31H,2-4,7-9H2,1H3. The molecule has 2 unspecified atom stereocenters. The first-order valence-electron chi connectivity index (χ1n) is 11.5. The quantitative estimate of drug-likeness (QED) is 0.493. The van der Waals surface area contributed by atoms with Crippen LogP contribution in [-0.2, 0) is 9.47 Å². The molecular weight excluding hydrogens is 507 g/mol. The highest BCUT2D eigenvalue weighted by Gasteiger charge is 2.43. The van der Waals surface area contributed by atoms with E-state index in [2.05, 4.69) is 26.0 Å². The van der Waals surface area contributed by atoms with E-state index in [9.17, 15) is 14.3 Å². The normalized spacial score (nSPS) is 23.9. The number of esters is 1. The van der Waals surface area contributed by atoms with Crippen molar-refractivity contribution in [3.05, 3.63) is 57.3 Å². The third-order valence-corrected chi connectivity index (χ3v) is 7.85. The fourth-order valence-electron chi connectivity index (χ4n) is 5.50. The van der Waals surface area contributed by atoms with Crippen molar-refractivity contribution in [3.63, 3.8) is 0 Å². The summed E-state index contributed by atoms with van der Waals surface area (Å²) >= 11 is 3.29. The summed E-state index contributed by atoms with van der Waals surface area (Å²) in [7, 11) is 1.29. The number of imidazole rings is 1. The molecule has 4 aliphatic rings. The predicted molar refractivity (Wildman–Crippen MR) is 123 cm³/mol. The first kappa shape index (κ1) is 21.9. The topological polar surface area (TPSA) is 91.4 Å². The number of carbonyl (C=O) groups is 1. The highest BCUT2D eigenvalue weighted by molar-refractivity contribution is 9.10. The Morgan fingerprint density at radius 2 is 2.18 bits per heavy atom. The number of ether oxygens (including phenoxy) is 2. The van der Waals surface area contributed by atoms with Crippen molar-refractivity contribution < 1.29 is 23.8 Å². The minimum atomic E-state index is -1.17. The fraction of sp³-hybridized carbons (Fsp3) is 0.458. The average molecular weight is 531 g/mol. The molecule has 2 bridgehead atoms. The maximum atomic E-state index is 14.4. The van der Waals surface area contributed by atoms with Gasteiger partial charge in [0.15, 0.2) is 11.9 Å². The van der Waals surface area contributed by atoms with Gasteiger partial charge in [-0.3, -0.25) is 0 Å². The zero-order valence-corrected chi connectivity index (χ0v) is 20.2. The lowest BCUT2D eigenvalue weighted by molar-refractivity contribution is -0.0438.